The molecular weight excluding hydrogens is 338 g/mol. The minimum Gasteiger partial charge on any atom is -0.352 e. The Labute approximate surface area is 149 Å². The van der Waals surface area contributed by atoms with Crippen molar-refractivity contribution in [2.24, 2.45) is 5.92 Å². The summed E-state index contributed by atoms with van der Waals surface area (Å²) in [6.07, 6.45) is 4.30. The monoisotopic (exact) mass is 363 g/mol. The summed E-state index contributed by atoms with van der Waals surface area (Å²) >= 11 is 0. The molecule has 1 aliphatic rings. The molecule has 25 heavy (non-hydrogen) atoms. The second-order valence-electron chi connectivity index (χ2n) is 6.72. The van der Waals surface area contributed by atoms with Gasteiger partial charge >= 0.3 is 0 Å². The Balaban J connectivity index is 1.97. The zero-order valence-electron chi connectivity index (χ0n) is 14.7. The molecule has 2 atom stereocenters. The molecule has 0 heterocycles. The molecule has 0 aromatic heterocycles. The van der Waals surface area contributed by atoms with E-state index in [0.717, 1.165) is 23.6 Å². The number of carbonyl (C=O) groups excluding carboxylic acids is 1. The van der Waals surface area contributed by atoms with Crippen molar-refractivity contribution >= 4 is 15.9 Å². The molecule has 0 spiro atoms. The number of likely N-dealkylation sites (N-methyl/N-ethyl adjacent to an activating group) is 1. The normalized spacial score (nSPS) is 20.9. The van der Waals surface area contributed by atoms with Gasteiger partial charge in [0.15, 0.2) is 0 Å². The largest absolute Gasteiger partial charge is 0.352 e. The van der Waals surface area contributed by atoms with Crippen LogP contribution < -0.4 is 5.32 Å². The first-order valence-corrected chi connectivity index (χ1v) is 10.2. The van der Waals surface area contributed by atoms with Crippen LogP contribution in [0.1, 0.15) is 43.7 Å². The Bertz CT molecular complexity index is 755. The molecule has 1 amide bonds. The van der Waals surface area contributed by atoms with Crippen molar-refractivity contribution in [3.8, 4) is 6.07 Å². The number of nitrogens with zero attached hydrogens (tertiary/aromatic N) is 2. The van der Waals surface area contributed by atoms with Gasteiger partial charge in [-0.1, -0.05) is 38.0 Å². The van der Waals surface area contributed by atoms with Gasteiger partial charge in [0.25, 0.3) is 0 Å². The van der Waals surface area contributed by atoms with E-state index in [1.54, 1.807) is 24.3 Å². The first-order chi connectivity index (χ1) is 11.8. The molecule has 1 fully saturated rings. The Morgan fingerprint density at radius 1 is 1.32 bits per heavy atom. The van der Waals surface area contributed by atoms with Crippen molar-refractivity contribution in [2.45, 2.75) is 44.4 Å². The van der Waals surface area contributed by atoms with Crippen LogP contribution in [0.3, 0.4) is 0 Å². The molecule has 0 bridgehead atoms. The van der Waals surface area contributed by atoms with Crippen LogP contribution >= 0.6 is 0 Å². The molecule has 7 heteroatoms. The lowest BCUT2D eigenvalue weighted by atomic mass is 9.86. The smallest absolute Gasteiger partial charge is 0.235 e. The average molecular weight is 363 g/mol. The van der Waals surface area contributed by atoms with Gasteiger partial charge in [-0.25, -0.2) is 8.42 Å². The van der Waals surface area contributed by atoms with E-state index in [9.17, 15) is 13.2 Å². The second-order valence-corrected chi connectivity index (χ2v) is 8.79. The lowest BCUT2D eigenvalue weighted by molar-refractivity contribution is -0.122. The number of hydrogen-bond acceptors (Lipinski definition) is 4. The molecule has 2 rings (SSSR count). The summed E-state index contributed by atoms with van der Waals surface area (Å²) in [4.78, 5) is 12.2. The van der Waals surface area contributed by atoms with Crippen LogP contribution in [0, 0.1) is 17.2 Å². The minimum absolute atomic E-state index is 0.122. The minimum atomic E-state index is -3.67. The summed E-state index contributed by atoms with van der Waals surface area (Å²) in [5.41, 5.74) is 0.776. The molecule has 0 radical (unpaired) electrons. The van der Waals surface area contributed by atoms with E-state index >= 15 is 0 Å². The standard InChI is InChI=1S/C18H25N3O3S/c1-14-7-3-6-10-17(14)20-18(22)12-21(2)25(23,24)13-16-9-5-4-8-15(16)11-19/h4-5,8-9,14,17H,3,6-7,10,12-13H2,1-2H3,(H,20,22). The highest BCUT2D eigenvalue weighted by Gasteiger charge is 2.26. The fourth-order valence-electron chi connectivity index (χ4n) is 3.15. The first-order valence-electron chi connectivity index (χ1n) is 8.55. The van der Waals surface area contributed by atoms with Crippen molar-refractivity contribution in [3.05, 3.63) is 35.4 Å². The predicted octanol–water partition coefficient (Wildman–Crippen LogP) is 2.01. The van der Waals surface area contributed by atoms with E-state index in [1.165, 1.54) is 13.5 Å². The zero-order chi connectivity index (χ0) is 18.4. The van der Waals surface area contributed by atoms with Gasteiger partial charge in [0.1, 0.15) is 0 Å². The SMILES string of the molecule is CC1CCCCC1NC(=O)CN(C)S(=O)(=O)Cc1ccccc1C#N. The van der Waals surface area contributed by atoms with Crippen molar-refractivity contribution in [2.75, 3.05) is 13.6 Å². The highest BCUT2D eigenvalue weighted by molar-refractivity contribution is 7.88. The van der Waals surface area contributed by atoms with Crippen LogP contribution in [0.4, 0.5) is 0 Å². The van der Waals surface area contributed by atoms with Gasteiger partial charge in [0.2, 0.25) is 15.9 Å². The van der Waals surface area contributed by atoms with E-state index < -0.39 is 10.0 Å². The Morgan fingerprint density at radius 3 is 2.68 bits per heavy atom. The molecule has 1 saturated carbocycles. The van der Waals surface area contributed by atoms with Crippen LogP contribution in [0.25, 0.3) is 0 Å². The molecule has 6 nitrogen and oxygen atoms in total. The van der Waals surface area contributed by atoms with Gasteiger partial charge in [0, 0.05) is 13.1 Å². The van der Waals surface area contributed by atoms with Crippen LogP contribution in [0.2, 0.25) is 0 Å². The van der Waals surface area contributed by atoms with E-state index in [0.29, 0.717) is 17.0 Å². The lowest BCUT2D eigenvalue weighted by Crippen LogP contribution is -2.46. The lowest BCUT2D eigenvalue weighted by Gasteiger charge is -2.30. The van der Waals surface area contributed by atoms with E-state index in [2.05, 4.69) is 12.2 Å². The summed E-state index contributed by atoms with van der Waals surface area (Å²) < 4.78 is 26.1. The Kier molecular flexibility index (Phi) is 6.57. The molecule has 0 aliphatic heterocycles. The van der Waals surface area contributed by atoms with Gasteiger partial charge in [-0.2, -0.15) is 9.57 Å². The van der Waals surface area contributed by atoms with Crippen LogP contribution in [0.15, 0.2) is 24.3 Å². The predicted molar refractivity (Wildman–Crippen MR) is 96.0 cm³/mol. The van der Waals surface area contributed by atoms with Crippen LogP contribution in [-0.2, 0) is 20.6 Å². The topological polar surface area (TPSA) is 90.3 Å². The van der Waals surface area contributed by atoms with Crippen molar-refractivity contribution in [1.82, 2.24) is 9.62 Å². The van der Waals surface area contributed by atoms with Crippen LogP contribution in [-0.4, -0.2) is 38.3 Å². The zero-order valence-corrected chi connectivity index (χ0v) is 15.6. The Hall–Kier alpha value is -1.91. The summed E-state index contributed by atoms with van der Waals surface area (Å²) in [6, 6.07) is 8.71. The van der Waals surface area contributed by atoms with Gasteiger partial charge in [-0.15, -0.1) is 0 Å². The maximum atomic E-state index is 12.5. The maximum Gasteiger partial charge on any atom is 0.235 e. The fourth-order valence-corrected chi connectivity index (χ4v) is 4.32. The molecule has 0 saturated heterocycles. The second kappa shape index (κ2) is 8.45. The summed E-state index contributed by atoms with van der Waals surface area (Å²) in [7, 11) is -2.28. The van der Waals surface area contributed by atoms with E-state index in [1.807, 2.05) is 6.07 Å². The molecule has 136 valence electrons. The molecule has 2 unspecified atom stereocenters. The van der Waals surface area contributed by atoms with Gasteiger partial charge in [0.05, 0.1) is 23.9 Å². The summed E-state index contributed by atoms with van der Waals surface area (Å²) in [6.45, 7) is 1.91. The van der Waals surface area contributed by atoms with Crippen molar-refractivity contribution < 1.29 is 13.2 Å². The molecule has 1 N–H and O–H groups in total. The summed E-state index contributed by atoms with van der Waals surface area (Å²) in [5.74, 6) is -0.152. The van der Waals surface area contributed by atoms with E-state index in [4.69, 9.17) is 5.26 Å². The maximum absolute atomic E-state index is 12.5. The molecule has 1 aliphatic carbocycles. The number of nitriles is 1. The average Bonchev–Trinajstić information content (AvgIpc) is 2.57. The third kappa shape index (κ3) is 5.28. The third-order valence-electron chi connectivity index (χ3n) is 4.77. The number of benzene rings is 1. The number of amides is 1. The Morgan fingerprint density at radius 2 is 2.00 bits per heavy atom. The quantitative estimate of drug-likeness (QED) is 0.837. The third-order valence-corrected chi connectivity index (χ3v) is 6.53. The highest BCUT2D eigenvalue weighted by Crippen LogP contribution is 2.23. The van der Waals surface area contributed by atoms with Crippen LogP contribution in [0.5, 0.6) is 0 Å². The number of rotatable bonds is 6. The fraction of sp³-hybridized carbons (Fsp3) is 0.556. The number of nitrogens with one attached hydrogen (secondary N) is 1. The molecular formula is C18H25N3O3S. The van der Waals surface area contributed by atoms with Gasteiger partial charge in [-0.05, 0) is 30.4 Å². The number of sulfonamides is 1. The van der Waals surface area contributed by atoms with Gasteiger partial charge < -0.3 is 5.32 Å². The summed E-state index contributed by atoms with van der Waals surface area (Å²) in [5, 5.41) is 12.0. The highest BCUT2D eigenvalue weighted by atomic mass is 32.2. The first kappa shape index (κ1) is 19.4. The van der Waals surface area contributed by atoms with E-state index in [-0.39, 0.29) is 24.2 Å². The van der Waals surface area contributed by atoms with Crippen molar-refractivity contribution in [3.63, 3.8) is 0 Å². The van der Waals surface area contributed by atoms with Gasteiger partial charge in [-0.3, -0.25) is 4.79 Å². The molecule has 1 aromatic rings. The number of hydrogen-bond donors (Lipinski definition) is 1. The number of carbonyl (C=O) groups is 1. The van der Waals surface area contributed by atoms with Crippen molar-refractivity contribution in [1.29, 1.82) is 5.26 Å². The molecule has 1 aromatic carbocycles.